The predicted octanol–water partition coefficient (Wildman–Crippen LogP) is 4.17. The van der Waals surface area contributed by atoms with Crippen LogP contribution in [0.5, 0.6) is 0 Å². The van der Waals surface area contributed by atoms with Gasteiger partial charge in [0.15, 0.2) is 0 Å². The zero-order chi connectivity index (χ0) is 14.8. The largest absolute Gasteiger partial charge is 0.352 e. The van der Waals surface area contributed by atoms with E-state index in [-0.39, 0.29) is 11.7 Å². The van der Waals surface area contributed by atoms with Crippen LogP contribution < -0.4 is 5.32 Å². The summed E-state index contributed by atoms with van der Waals surface area (Å²) in [6.07, 6.45) is 7.84. The maximum atomic E-state index is 12.7. The van der Waals surface area contributed by atoms with E-state index in [4.69, 9.17) is 0 Å². The van der Waals surface area contributed by atoms with Crippen molar-refractivity contribution in [1.29, 1.82) is 0 Å². The molecule has 0 aliphatic rings. The molecule has 20 heavy (non-hydrogen) atoms. The van der Waals surface area contributed by atoms with Gasteiger partial charge in [0.2, 0.25) is 5.91 Å². The molecule has 3 heteroatoms. The van der Waals surface area contributed by atoms with Gasteiger partial charge in [-0.2, -0.15) is 0 Å². The summed E-state index contributed by atoms with van der Waals surface area (Å²) in [5.74, 6) is 0.190. The molecular weight excluding hydrogens is 253 g/mol. The summed E-state index contributed by atoms with van der Waals surface area (Å²) in [7, 11) is 0. The van der Waals surface area contributed by atoms with Gasteiger partial charge in [-0.05, 0) is 36.1 Å². The Balaban J connectivity index is 2.37. The van der Waals surface area contributed by atoms with Crippen LogP contribution in [0.15, 0.2) is 30.3 Å². The van der Waals surface area contributed by atoms with Crippen molar-refractivity contribution in [2.75, 3.05) is 6.54 Å². The lowest BCUT2D eigenvalue weighted by Gasteiger charge is -2.14. The van der Waals surface area contributed by atoms with Crippen LogP contribution in [0.25, 0.3) is 6.08 Å². The summed E-state index contributed by atoms with van der Waals surface area (Å²) >= 11 is 0. The van der Waals surface area contributed by atoms with Gasteiger partial charge in [0, 0.05) is 12.6 Å². The predicted molar refractivity (Wildman–Crippen MR) is 81.7 cm³/mol. The van der Waals surface area contributed by atoms with Crippen LogP contribution >= 0.6 is 0 Å². The van der Waals surface area contributed by atoms with Gasteiger partial charge >= 0.3 is 0 Å². The van der Waals surface area contributed by atoms with E-state index in [1.54, 1.807) is 18.2 Å². The number of hydrogen-bond donors (Lipinski definition) is 1. The Morgan fingerprint density at radius 3 is 2.60 bits per heavy atom. The zero-order valence-corrected chi connectivity index (χ0v) is 12.4. The highest BCUT2D eigenvalue weighted by molar-refractivity contribution is 5.91. The number of amides is 1. The first-order chi connectivity index (χ1) is 9.65. The standard InChI is InChI=1S/C17H24FNO/c1-3-5-6-14(4-2)13-19-17(20)12-9-15-7-10-16(18)11-8-15/h7-12,14H,3-6,13H2,1-2H3,(H,19,20)/b12-9+/t14-/m1/s1. The van der Waals surface area contributed by atoms with Gasteiger partial charge in [0.1, 0.15) is 5.82 Å². The van der Waals surface area contributed by atoms with Crippen molar-refractivity contribution in [3.63, 3.8) is 0 Å². The number of unbranched alkanes of at least 4 members (excludes halogenated alkanes) is 1. The molecule has 0 aromatic heterocycles. The van der Waals surface area contributed by atoms with E-state index in [1.165, 1.54) is 31.1 Å². The summed E-state index contributed by atoms with van der Waals surface area (Å²) in [4.78, 5) is 11.7. The highest BCUT2D eigenvalue weighted by Crippen LogP contribution is 2.11. The van der Waals surface area contributed by atoms with Crippen molar-refractivity contribution in [2.45, 2.75) is 39.5 Å². The summed E-state index contributed by atoms with van der Waals surface area (Å²) in [6, 6.07) is 6.06. The Morgan fingerprint density at radius 2 is 2.00 bits per heavy atom. The molecule has 2 nitrogen and oxygen atoms in total. The van der Waals surface area contributed by atoms with Gasteiger partial charge < -0.3 is 5.32 Å². The van der Waals surface area contributed by atoms with Gasteiger partial charge in [0.05, 0.1) is 0 Å². The van der Waals surface area contributed by atoms with Gasteiger partial charge in [-0.15, -0.1) is 0 Å². The monoisotopic (exact) mass is 277 g/mol. The van der Waals surface area contributed by atoms with E-state index in [9.17, 15) is 9.18 Å². The van der Waals surface area contributed by atoms with Crippen LogP contribution in [0, 0.1) is 11.7 Å². The fraction of sp³-hybridized carbons (Fsp3) is 0.471. The Kier molecular flexibility index (Phi) is 7.63. The average molecular weight is 277 g/mol. The topological polar surface area (TPSA) is 29.1 Å². The molecule has 1 rings (SSSR count). The molecule has 0 bridgehead atoms. The lowest BCUT2D eigenvalue weighted by atomic mass is 9.99. The number of nitrogens with one attached hydrogen (secondary N) is 1. The van der Waals surface area contributed by atoms with Crippen LogP contribution in [0.1, 0.15) is 45.1 Å². The highest BCUT2D eigenvalue weighted by Gasteiger charge is 2.06. The minimum absolute atomic E-state index is 0.0933. The van der Waals surface area contributed by atoms with E-state index in [2.05, 4.69) is 19.2 Å². The van der Waals surface area contributed by atoms with Crippen LogP contribution in [0.3, 0.4) is 0 Å². The molecule has 0 spiro atoms. The second-order valence-corrected chi connectivity index (χ2v) is 5.05. The molecule has 0 heterocycles. The average Bonchev–Trinajstić information content (AvgIpc) is 2.47. The molecule has 0 aliphatic heterocycles. The van der Waals surface area contributed by atoms with E-state index in [0.717, 1.165) is 24.9 Å². The summed E-state index contributed by atoms with van der Waals surface area (Å²) in [5, 5.41) is 2.92. The third kappa shape index (κ3) is 6.50. The summed E-state index contributed by atoms with van der Waals surface area (Å²) in [5.41, 5.74) is 0.819. The number of halogens is 1. The van der Waals surface area contributed by atoms with Crippen molar-refractivity contribution in [1.82, 2.24) is 5.32 Å². The van der Waals surface area contributed by atoms with Gasteiger partial charge in [-0.25, -0.2) is 4.39 Å². The van der Waals surface area contributed by atoms with Crippen molar-refractivity contribution in [2.24, 2.45) is 5.92 Å². The number of benzene rings is 1. The number of carbonyl (C=O) groups excluding carboxylic acids is 1. The van der Waals surface area contributed by atoms with Crippen LogP contribution in [0.4, 0.5) is 4.39 Å². The van der Waals surface area contributed by atoms with Crippen molar-refractivity contribution in [3.05, 3.63) is 41.7 Å². The summed E-state index contributed by atoms with van der Waals surface area (Å²) < 4.78 is 12.7. The Morgan fingerprint density at radius 1 is 1.30 bits per heavy atom. The second-order valence-electron chi connectivity index (χ2n) is 5.05. The minimum Gasteiger partial charge on any atom is -0.352 e. The molecule has 0 aliphatic carbocycles. The Bertz CT molecular complexity index is 425. The molecule has 0 unspecified atom stereocenters. The fourth-order valence-electron chi connectivity index (χ4n) is 1.99. The van der Waals surface area contributed by atoms with E-state index in [1.807, 2.05) is 0 Å². The SMILES string of the molecule is CCCC[C@@H](CC)CNC(=O)/C=C/c1ccc(F)cc1. The smallest absolute Gasteiger partial charge is 0.244 e. The molecule has 110 valence electrons. The Hall–Kier alpha value is -1.64. The van der Waals surface area contributed by atoms with Crippen molar-refractivity contribution >= 4 is 12.0 Å². The second kappa shape index (κ2) is 9.29. The molecule has 0 saturated carbocycles. The van der Waals surface area contributed by atoms with E-state index >= 15 is 0 Å². The molecule has 1 atom stereocenters. The maximum absolute atomic E-state index is 12.7. The maximum Gasteiger partial charge on any atom is 0.244 e. The molecule has 0 fully saturated rings. The molecule has 1 aromatic rings. The molecular formula is C17H24FNO. The molecule has 1 N–H and O–H groups in total. The van der Waals surface area contributed by atoms with Crippen LogP contribution in [-0.4, -0.2) is 12.5 Å². The number of rotatable bonds is 8. The minimum atomic E-state index is -0.270. The Labute approximate surface area is 121 Å². The molecule has 1 amide bonds. The lowest BCUT2D eigenvalue weighted by molar-refractivity contribution is -0.116. The van der Waals surface area contributed by atoms with Crippen molar-refractivity contribution in [3.8, 4) is 0 Å². The molecule has 0 saturated heterocycles. The highest BCUT2D eigenvalue weighted by atomic mass is 19.1. The third-order valence-electron chi connectivity index (χ3n) is 3.41. The first-order valence-electron chi connectivity index (χ1n) is 7.37. The quantitative estimate of drug-likeness (QED) is 0.710. The normalized spacial score (nSPS) is 12.6. The fourth-order valence-corrected chi connectivity index (χ4v) is 1.99. The third-order valence-corrected chi connectivity index (χ3v) is 3.41. The lowest BCUT2D eigenvalue weighted by Crippen LogP contribution is -2.27. The molecule has 0 radical (unpaired) electrons. The van der Waals surface area contributed by atoms with Gasteiger partial charge in [0.25, 0.3) is 0 Å². The number of carbonyl (C=O) groups is 1. The summed E-state index contributed by atoms with van der Waals surface area (Å²) in [6.45, 7) is 5.06. The van der Waals surface area contributed by atoms with Crippen LogP contribution in [0.2, 0.25) is 0 Å². The van der Waals surface area contributed by atoms with Crippen molar-refractivity contribution < 1.29 is 9.18 Å². The van der Waals surface area contributed by atoms with Gasteiger partial charge in [-0.1, -0.05) is 45.2 Å². The number of hydrogen-bond acceptors (Lipinski definition) is 1. The van der Waals surface area contributed by atoms with Gasteiger partial charge in [-0.3, -0.25) is 4.79 Å². The molecule has 1 aromatic carbocycles. The first-order valence-corrected chi connectivity index (χ1v) is 7.37. The first kappa shape index (κ1) is 16.4. The van der Waals surface area contributed by atoms with E-state index < -0.39 is 0 Å². The zero-order valence-electron chi connectivity index (χ0n) is 12.4. The van der Waals surface area contributed by atoms with E-state index in [0.29, 0.717) is 5.92 Å². The van der Waals surface area contributed by atoms with Crippen LogP contribution in [-0.2, 0) is 4.79 Å².